The topological polar surface area (TPSA) is 87.8 Å². The van der Waals surface area contributed by atoms with Gasteiger partial charge in [0.15, 0.2) is 0 Å². The third kappa shape index (κ3) is 4.88. The lowest BCUT2D eigenvalue weighted by atomic mass is 10.1. The smallest absolute Gasteiger partial charge is 0.243 e. The van der Waals surface area contributed by atoms with Crippen molar-refractivity contribution in [2.45, 2.75) is 33.1 Å². The molecule has 0 bridgehead atoms. The van der Waals surface area contributed by atoms with Crippen molar-refractivity contribution in [1.29, 1.82) is 0 Å². The number of hydrogen-bond acceptors (Lipinski definition) is 5. The summed E-state index contributed by atoms with van der Waals surface area (Å²) in [7, 11) is 0. The summed E-state index contributed by atoms with van der Waals surface area (Å²) in [5.41, 5.74) is 4.17. The van der Waals surface area contributed by atoms with Gasteiger partial charge in [0.1, 0.15) is 5.76 Å². The maximum absolute atomic E-state index is 12.5. The Hall–Kier alpha value is -3.74. The molecule has 1 aliphatic rings. The number of amides is 2. The van der Waals surface area contributed by atoms with Crippen molar-refractivity contribution >= 4 is 23.2 Å². The molecule has 0 saturated heterocycles. The molecule has 2 amide bonds. The molecule has 7 heteroatoms. The Labute approximate surface area is 180 Å². The number of nitrogens with zero attached hydrogens (tertiary/aromatic N) is 3. The van der Waals surface area contributed by atoms with Crippen LogP contribution in [0.3, 0.4) is 0 Å². The summed E-state index contributed by atoms with van der Waals surface area (Å²) in [6.45, 7) is 4.29. The molecular formula is C24H24N4O3. The maximum atomic E-state index is 12.5. The minimum Gasteiger partial charge on any atom is -0.441 e. The number of hydrazone groups is 1. The highest BCUT2D eigenvalue weighted by Gasteiger charge is 2.22. The average Bonchev–Trinajstić information content (AvgIpc) is 3.40. The van der Waals surface area contributed by atoms with Gasteiger partial charge in [0.25, 0.3) is 0 Å². The van der Waals surface area contributed by atoms with Crippen LogP contribution in [0.5, 0.6) is 0 Å². The number of anilines is 1. The molecule has 0 saturated carbocycles. The van der Waals surface area contributed by atoms with Gasteiger partial charge in [0.05, 0.1) is 18.0 Å². The van der Waals surface area contributed by atoms with E-state index < -0.39 is 0 Å². The summed E-state index contributed by atoms with van der Waals surface area (Å²) in [4.78, 5) is 29.2. The highest BCUT2D eigenvalue weighted by Crippen LogP contribution is 2.24. The lowest BCUT2D eigenvalue weighted by Gasteiger charge is -2.11. The van der Waals surface area contributed by atoms with Crippen LogP contribution in [0.15, 0.2) is 64.1 Å². The van der Waals surface area contributed by atoms with Crippen molar-refractivity contribution in [2.24, 2.45) is 5.10 Å². The van der Waals surface area contributed by atoms with Crippen molar-refractivity contribution in [3.63, 3.8) is 0 Å². The molecule has 0 spiro atoms. The van der Waals surface area contributed by atoms with Crippen molar-refractivity contribution in [3.8, 4) is 11.5 Å². The van der Waals surface area contributed by atoms with Crippen LogP contribution in [-0.4, -0.2) is 34.1 Å². The number of rotatable bonds is 6. The molecule has 3 aromatic rings. The number of aromatic nitrogens is 1. The summed E-state index contributed by atoms with van der Waals surface area (Å²) in [5, 5.41) is 8.73. The Morgan fingerprint density at radius 1 is 1.03 bits per heavy atom. The minimum atomic E-state index is -0.225. The standard InChI is InChI=1S/C24H24N4O3/c1-16-17(2)31-24(25-16)19-9-6-10-20(15-19)26-22(29)11-12-23(30)28-14-13-21(27-28)18-7-4-3-5-8-18/h3-10,15H,11-14H2,1-2H3,(H,26,29). The van der Waals surface area contributed by atoms with Gasteiger partial charge in [0.2, 0.25) is 17.7 Å². The molecule has 0 fully saturated rings. The zero-order valence-corrected chi connectivity index (χ0v) is 17.6. The van der Waals surface area contributed by atoms with E-state index in [1.54, 1.807) is 12.1 Å². The normalized spacial score (nSPS) is 13.2. The molecule has 1 aromatic heterocycles. The van der Waals surface area contributed by atoms with Gasteiger partial charge in [-0.2, -0.15) is 5.10 Å². The zero-order valence-electron chi connectivity index (χ0n) is 17.6. The van der Waals surface area contributed by atoms with Gasteiger partial charge in [-0.15, -0.1) is 0 Å². The van der Waals surface area contributed by atoms with Crippen LogP contribution < -0.4 is 5.32 Å². The first-order valence-electron chi connectivity index (χ1n) is 10.3. The SMILES string of the molecule is Cc1nc(-c2cccc(NC(=O)CCC(=O)N3CCC(c4ccccc4)=N3)c2)oc1C. The van der Waals surface area contributed by atoms with Gasteiger partial charge in [-0.25, -0.2) is 9.99 Å². The lowest BCUT2D eigenvalue weighted by Crippen LogP contribution is -2.25. The van der Waals surface area contributed by atoms with Crippen LogP contribution in [-0.2, 0) is 9.59 Å². The van der Waals surface area contributed by atoms with Crippen LogP contribution in [0.25, 0.3) is 11.5 Å². The summed E-state index contributed by atoms with van der Waals surface area (Å²) >= 11 is 0. The summed E-state index contributed by atoms with van der Waals surface area (Å²) in [5.74, 6) is 0.905. The van der Waals surface area contributed by atoms with E-state index in [1.807, 2.05) is 56.3 Å². The molecule has 2 heterocycles. The molecule has 31 heavy (non-hydrogen) atoms. The Morgan fingerprint density at radius 2 is 1.81 bits per heavy atom. The van der Waals surface area contributed by atoms with Gasteiger partial charge >= 0.3 is 0 Å². The number of benzene rings is 2. The molecule has 0 radical (unpaired) electrons. The molecule has 2 aromatic carbocycles. The largest absolute Gasteiger partial charge is 0.441 e. The molecule has 0 aliphatic carbocycles. The van der Waals surface area contributed by atoms with Crippen LogP contribution in [0.1, 0.15) is 36.3 Å². The monoisotopic (exact) mass is 416 g/mol. The van der Waals surface area contributed by atoms with E-state index >= 15 is 0 Å². The highest BCUT2D eigenvalue weighted by molar-refractivity contribution is 6.02. The Kier molecular flexibility index (Phi) is 5.93. The second kappa shape index (κ2) is 8.95. The molecule has 158 valence electrons. The van der Waals surface area contributed by atoms with E-state index in [0.717, 1.165) is 28.3 Å². The quantitative estimate of drug-likeness (QED) is 0.648. The molecule has 0 unspecified atom stereocenters. The van der Waals surface area contributed by atoms with E-state index in [-0.39, 0.29) is 24.7 Å². The van der Waals surface area contributed by atoms with Gasteiger partial charge in [0, 0.05) is 30.5 Å². The first-order valence-corrected chi connectivity index (χ1v) is 10.3. The number of carbonyl (C=O) groups excluding carboxylic acids is 2. The number of carbonyl (C=O) groups is 2. The Bertz CT molecular complexity index is 1120. The predicted octanol–water partition coefficient (Wildman–Crippen LogP) is 4.31. The van der Waals surface area contributed by atoms with Crippen molar-refractivity contribution in [3.05, 3.63) is 71.6 Å². The van der Waals surface area contributed by atoms with Crippen molar-refractivity contribution in [1.82, 2.24) is 9.99 Å². The van der Waals surface area contributed by atoms with Crippen molar-refractivity contribution < 1.29 is 14.0 Å². The second-order valence-corrected chi connectivity index (χ2v) is 7.47. The Balaban J connectivity index is 1.32. The fourth-order valence-corrected chi connectivity index (χ4v) is 3.37. The maximum Gasteiger partial charge on any atom is 0.243 e. The first-order chi connectivity index (χ1) is 15.0. The zero-order chi connectivity index (χ0) is 21.8. The van der Waals surface area contributed by atoms with Crippen LogP contribution in [0.4, 0.5) is 5.69 Å². The van der Waals surface area contributed by atoms with E-state index in [1.165, 1.54) is 5.01 Å². The van der Waals surface area contributed by atoms with Gasteiger partial charge in [-0.3, -0.25) is 9.59 Å². The fraction of sp³-hybridized carbons (Fsp3) is 0.250. The molecule has 4 rings (SSSR count). The van der Waals surface area contributed by atoms with Gasteiger partial charge in [-0.1, -0.05) is 36.4 Å². The Morgan fingerprint density at radius 3 is 2.55 bits per heavy atom. The lowest BCUT2D eigenvalue weighted by molar-refractivity contribution is -0.132. The average molecular weight is 416 g/mol. The third-order valence-electron chi connectivity index (χ3n) is 5.18. The second-order valence-electron chi connectivity index (χ2n) is 7.47. The van der Waals surface area contributed by atoms with E-state index in [2.05, 4.69) is 15.4 Å². The van der Waals surface area contributed by atoms with Crippen molar-refractivity contribution in [2.75, 3.05) is 11.9 Å². The van der Waals surface area contributed by atoms with E-state index in [0.29, 0.717) is 24.5 Å². The summed E-state index contributed by atoms with van der Waals surface area (Å²) in [6.07, 6.45) is 0.913. The molecule has 0 atom stereocenters. The van der Waals surface area contributed by atoms with Gasteiger partial charge in [-0.05, 0) is 37.6 Å². The van der Waals surface area contributed by atoms with Gasteiger partial charge < -0.3 is 9.73 Å². The highest BCUT2D eigenvalue weighted by atomic mass is 16.4. The van der Waals surface area contributed by atoms with Crippen LogP contribution in [0, 0.1) is 13.8 Å². The molecule has 1 N–H and O–H groups in total. The fourth-order valence-electron chi connectivity index (χ4n) is 3.37. The number of nitrogens with one attached hydrogen (secondary N) is 1. The van der Waals surface area contributed by atoms with E-state index in [4.69, 9.17) is 4.42 Å². The molecule has 7 nitrogen and oxygen atoms in total. The summed E-state index contributed by atoms with van der Waals surface area (Å²) in [6, 6.07) is 17.1. The molecular weight excluding hydrogens is 392 g/mol. The number of aryl methyl sites for hydroxylation is 2. The minimum absolute atomic E-state index is 0.0902. The first kappa shape index (κ1) is 20.5. The molecule has 1 aliphatic heterocycles. The number of oxazole rings is 1. The third-order valence-corrected chi connectivity index (χ3v) is 5.18. The predicted molar refractivity (Wildman–Crippen MR) is 119 cm³/mol. The van der Waals surface area contributed by atoms with Crippen LogP contribution in [0.2, 0.25) is 0 Å². The van der Waals surface area contributed by atoms with Crippen LogP contribution >= 0.6 is 0 Å². The summed E-state index contributed by atoms with van der Waals surface area (Å²) < 4.78 is 5.65. The van der Waals surface area contributed by atoms with E-state index in [9.17, 15) is 9.59 Å². The number of hydrogen-bond donors (Lipinski definition) is 1.